The number of nitrogens with zero attached hydrogens (tertiary/aromatic N) is 1. The predicted molar refractivity (Wildman–Crippen MR) is 54.9 cm³/mol. The smallest absolute Gasteiger partial charge is 0.128 e. The quantitative estimate of drug-likeness (QED) is 0.626. The molecule has 0 aromatic heterocycles. The van der Waals surface area contributed by atoms with E-state index in [1.54, 1.807) is 0 Å². The summed E-state index contributed by atoms with van der Waals surface area (Å²) in [5.41, 5.74) is 7.49. The standard InChI is InChI=1S/C10H13N3/c1-7-6-12-10(13-7)8-2-4-9(11)5-3-8/h2-5,7H,6,11H2,1H3,(H,12,13)/t7-/m0/s1. The Kier molecular flexibility index (Phi) is 1.93. The van der Waals surface area contributed by atoms with Gasteiger partial charge in [-0.25, -0.2) is 0 Å². The van der Waals surface area contributed by atoms with Crippen LogP contribution in [0.4, 0.5) is 5.69 Å². The maximum absolute atomic E-state index is 5.59. The molecule has 68 valence electrons. The van der Waals surface area contributed by atoms with Crippen molar-refractivity contribution in [2.45, 2.75) is 13.0 Å². The van der Waals surface area contributed by atoms with Crippen LogP contribution in [-0.2, 0) is 0 Å². The summed E-state index contributed by atoms with van der Waals surface area (Å²) in [6.45, 7) is 2.98. The van der Waals surface area contributed by atoms with Gasteiger partial charge in [-0.15, -0.1) is 0 Å². The summed E-state index contributed by atoms with van der Waals surface area (Å²) in [6, 6.07) is 8.20. The molecule has 0 unspecified atom stereocenters. The molecule has 0 saturated carbocycles. The van der Waals surface area contributed by atoms with Crippen LogP contribution in [0.5, 0.6) is 0 Å². The second-order valence-electron chi connectivity index (χ2n) is 3.36. The van der Waals surface area contributed by atoms with Crippen molar-refractivity contribution in [3.8, 4) is 0 Å². The zero-order valence-electron chi connectivity index (χ0n) is 7.62. The highest BCUT2D eigenvalue weighted by molar-refractivity contribution is 6.00. The third kappa shape index (κ3) is 1.64. The number of amidine groups is 1. The van der Waals surface area contributed by atoms with Crippen molar-refractivity contribution in [3.05, 3.63) is 29.8 Å². The first kappa shape index (κ1) is 8.10. The van der Waals surface area contributed by atoms with Gasteiger partial charge in [-0.1, -0.05) is 0 Å². The van der Waals surface area contributed by atoms with Crippen molar-refractivity contribution in [2.75, 3.05) is 12.3 Å². The van der Waals surface area contributed by atoms with Crippen molar-refractivity contribution < 1.29 is 0 Å². The number of rotatable bonds is 1. The number of benzene rings is 1. The van der Waals surface area contributed by atoms with Gasteiger partial charge < -0.3 is 11.1 Å². The first-order valence-corrected chi connectivity index (χ1v) is 4.42. The number of aliphatic imine (C=N–C) groups is 1. The van der Waals surface area contributed by atoms with Gasteiger partial charge in [0.1, 0.15) is 5.84 Å². The molecule has 0 fully saturated rings. The Balaban J connectivity index is 2.22. The number of hydrogen-bond acceptors (Lipinski definition) is 3. The fourth-order valence-electron chi connectivity index (χ4n) is 1.37. The first-order valence-electron chi connectivity index (χ1n) is 4.42. The normalized spacial score (nSPS) is 21.0. The molecule has 3 N–H and O–H groups in total. The third-order valence-corrected chi connectivity index (χ3v) is 2.09. The SMILES string of the molecule is C[C@H]1CN=C(c2ccc(N)cc2)N1. The topological polar surface area (TPSA) is 50.4 Å². The van der Waals surface area contributed by atoms with Crippen LogP contribution in [-0.4, -0.2) is 18.4 Å². The van der Waals surface area contributed by atoms with Crippen molar-refractivity contribution >= 4 is 11.5 Å². The van der Waals surface area contributed by atoms with Crippen LogP contribution in [0.3, 0.4) is 0 Å². The maximum Gasteiger partial charge on any atom is 0.128 e. The van der Waals surface area contributed by atoms with E-state index in [-0.39, 0.29) is 0 Å². The lowest BCUT2D eigenvalue weighted by atomic mass is 10.2. The van der Waals surface area contributed by atoms with Gasteiger partial charge >= 0.3 is 0 Å². The zero-order chi connectivity index (χ0) is 9.26. The minimum absolute atomic E-state index is 0.451. The molecule has 0 saturated heterocycles. The van der Waals surface area contributed by atoms with Crippen LogP contribution in [0.15, 0.2) is 29.3 Å². The number of anilines is 1. The highest BCUT2D eigenvalue weighted by Gasteiger charge is 2.13. The minimum atomic E-state index is 0.451. The molecule has 0 amide bonds. The Bertz CT molecular complexity index is 327. The molecule has 1 aromatic rings. The predicted octanol–water partition coefficient (Wildman–Crippen LogP) is 1.01. The highest BCUT2D eigenvalue weighted by Crippen LogP contribution is 2.08. The second-order valence-corrected chi connectivity index (χ2v) is 3.36. The largest absolute Gasteiger partial charge is 0.399 e. The van der Waals surface area contributed by atoms with Crippen LogP contribution in [0.1, 0.15) is 12.5 Å². The fourth-order valence-corrected chi connectivity index (χ4v) is 1.37. The van der Waals surface area contributed by atoms with Crippen LogP contribution >= 0.6 is 0 Å². The summed E-state index contributed by atoms with van der Waals surface area (Å²) in [6.07, 6.45) is 0. The molecule has 1 aromatic carbocycles. The van der Waals surface area contributed by atoms with E-state index in [1.165, 1.54) is 0 Å². The third-order valence-electron chi connectivity index (χ3n) is 2.09. The molecule has 1 aliphatic rings. The van der Waals surface area contributed by atoms with E-state index in [0.29, 0.717) is 6.04 Å². The van der Waals surface area contributed by atoms with E-state index >= 15 is 0 Å². The first-order chi connectivity index (χ1) is 6.25. The molecule has 0 aliphatic carbocycles. The number of hydrogen-bond donors (Lipinski definition) is 2. The molecule has 1 heterocycles. The van der Waals surface area contributed by atoms with Gasteiger partial charge in [-0.2, -0.15) is 0 Å². The van der Waals surface area contributed by atoms with Gasteiger partial charge in [0.15, 0.2) is 0 Å². The molecule has 0 spiro atoms. The summed E-state index contributed by atoms with van der Waals surface area (Å²) >= 11 is 0. The van der Waals surface area contributed by atoms with Gasteiger partial charge in [0.05, 0.1) is 6.54 Å². The molecular formula is C10H13N3. The van der Waals surface area contributed by atoms with E-state index < -0.39 is 0 Å². The van der Waals surface area contributed by atoms with Crippen molar-refractivity contribution in [3.63, 3.8) is 0 Å². The average molecular weight is 175 g/mol. The van der Waals surface area contributed by atoms with E-state index in [0.717, 1.165) is 23.6 Å². The summed E-state index contributed by atoms with van der Waals surface area (Å²) in [7, 11) is 0. The van der Waals surface area contributed by atoms with Crippen LogP contribution < -0.4 is 11.1 Å². The molecule has 0 radical (unpaired) electrons. The lowest BCUT2D eigenvalue weighted by Gasteiger charge is -2.05. The molecule has 2 rings (SSSR count). The molecule has 3 nitrogen and oxygen atoms in total. The second kappa shape index (κ2) is 3.09. The van der Waals surface area contributed by atoms with Gasteiger partial charge in [-0.05, 0) is 31.2 Å². The number of nitrogens with two attached hydrogens (primary N) is 1. The number of nitrogens with one attached hydrogen (secondary N) is 1. The Labute approximate surface area is 77.7 Å². The lowest BCUT2D eigenvalue weighted by molar-refractivity contribution is 0.726. The van der Waals surface area contributed by atoms with Gasteiger partial charge in [-0.3, -0.25) is 4.99 Å². The molecule has 13 heavy (non-hydrogen) atoms. The summed E-state index contributed by atoms with van der Waals surface area (Å²) in [5.74, 6) is 0.979. The van der Waals surface area contributed by atoms with E-state index in [4.69, 9.17) is 5.73 Å². The zero-order valence-corrected chi connectivity index (χ0v) is 7.62. The molecule has 1 atom stereocenters. The van der Waals surface area contributed by atoms with Crippen molar-refractivity contribution in [1.29, 1.82) is 0 Å². The average Bonchev–Trinajstić information content (AvgIpc) is 2.53. The van der Waals surface area contributed by atoms with Crippen molar-refractivity contribution in [1.82, 2.24) is 5.32 Å². The van der Waals surface area contributed by atoms with E-state index in [9.17, 15) is 0 Å². The summed E-state index contributed by atoms with van der Waals surface area (Å²) in [5, 5.41) is 3.30. The molecule has 0 bridgehead atoms. The maximum atomic E-state index is 5.59. The summed E-state index contributed by atoms with van der Waals surface area (Å²) < 4.78 is 0. The fraction of sp³-hybridized carbons (Fsp3) is 0.300. The molecule has 1 aliphatic heterocycles. The van der Waals surface area contributed by atoms with E-state index in [2.05, 4.69) is 17.2 Å². The van der Waals surface area contributed by atoms with Gasteiger partial charge in [0.25, 0.3) is 0 Å². The number of nitrogen functional groups attached to an aromatic ring is 1. The van der Waals surface area contributed by atoms with Gasteiger partial charge in [0.2, 0.25) is 0 Å². The van der Waals surface area contributed by atoms with Crippen LogP contribution in [0, 0.1) is 0 Å². The molecular weight excluding hydrogens is 162 g/mol. The van der Waals surface area contributed by atoms with E-state index in [1.807, 2.05) is 24.3 Å². The Morgan fingerprint density at radius 1 is 1.38 bits per heavy atom. The van der Waals surface area contributed by atoms with Gasteiger partial charge in [0, 0.05) is 17.3 Å². The van der Waals surface area contributed by atoms with Crippen LogP contribution in [0.2, 0.25) is 0 Å². The summed E-state index contributed by atoms with van der Waals surface area (Å²) in [4.78, 5) is 4.38. The van der Waals surface area contributed by atoms with Crippen LogP contribution in [0.25, 0.3) is 0 Å². The van der Waals surface area contributed by atoms with Crippen molar-refractivity contribution in [2.24, 2.45) is 4.99 Å². The minimum Gasteiger partial charge on any atom is -0.399 e. The Morgan fingerprint density at radius 2 is 2.08 bits per heavy atom. The Morgan fingerprint density at radius 3 is 2.62 bits per heavy atom. The lowest BCUT2D eigenvalue weighted by Crippen LogP contribution is -2.27. The molecule has 3 heteroatoms. The highest BCUT2D eigenvalue weighted by atomic mass is 15.1. The monoisotopic (exact) mass is 175 g/mol. The Hall–Kier alpha value is -1.51.